The first-order valence-electron chi connectivity index (χ1n) is 6.36. The molecule has 2 rings (SSSR count). The van der Waals surface area contributed by atoms with Crippen molar-refractivity contribution < 1.29 is 0 Å². The van der Waals surface area contributed by atoms with Crippen LogP contribution in [0, 0.1) is 0 Å². The maximum atomic E-state index is 5.58. The van der Waals surface area contributed by atoms with Gasteiger partial charge in [-0.2, -0.15) is 0 Å². The van der Waals surface area contributed by atoms with E-state index in [0.29, 0.717) is 0 Å². The van der Waals surface area contributed by atoms with E-state index >= 15 is 0 Å². The van der Waals surface area contributed by atoms with Gasteiger partial charge >= 0.3 is 0 Å². The van der Waals surface area contributed by atoms with Crippen molar-refractivity contribution in [1.29, 1.82) is 0 Å². The number of rotatable bonds is 2. The molecule has 3 N–H and O–H groups in total. The Labute approximate surface area is 108 Å². The number of pyridine rings is 1. The van der Waals surface area contributed by atoms with Crippen molar-refractivity contribution in [2.24, 2.45) is 5.84 Å². The molecule has 0 fully saturated rings. The molecule has 96 valence electrons. The second-order valence-corrected chi connectivity index (χ2v) is 5.66. The first-order chi connectivity index (χ1) is 8.45. The predicted molar refractivity (Wildman–Crippen MR) is 77.6 cm³/mol. The maximum absolute atomic E-state index is 5.58. The van der Waals surface area contributed by atoms with Crippen molar-refractivity contribution in [3.8, 4) is 0 Å². The van der Waals surface area contributed by atoms with Crippen LogP contribution in [0.3, 0.4) is 0 Å². The number of hydrogen-bond donors (Lipinski definition) is 2. The molecule has 0 saturated heterocycles. The van der Waals surface area contributed by atoms with Crippen molar-refractivity contribution in [3.63, 3.8) is 0 Å². The van der Waals surface area contributed by atoms with Crippen LogP contribution >= 0.6 is 0 Å². The van der Waals surface area contributed by atoms with Gasteiger partial charge in [-0.15, -0.1) is 0 Å². The van der Waals surface area contributed by atoms with E-state index in [1.807, 2.05) is 0 Å². The molecule has 0 aliphatic heterocycles. The fourth-order valence-corrected chi connectivity index (χ4v) is 2.13. The summed E-state index contributed by atoms with van der Waals surface area (Å²) in [6.07, 6.45) is 1.04. The highest BCUT2D eigenvalue weighted by Crippen LogP contribution is 2.31. The van der Waals surface area contributed by atoms with Gasteiger partial charge in [0.15, 0.2) is 0 Å². The Kier molecular flexibility index (Phi) is 3.26. The zero-order valence-electron chi connectivity index (χ0n) is 11.5. The van der Waals surface area contributed by atoms with Gasteiger partial charge in [0.25, 0.3) is 0 Å². The monoisotopic (exact) mass is 243 g/mol. The predicted octanol–water partition coefficient (Wildman–Crippen LogP) is 3.38. The SMILES string of the molecule is CCc1ccc2nc(NN)c(C(C)(C)C)cc2c1. The maximum Gasteiger partial charge on any atom is 0.144 e. The second-order valence-electron chi connectivity index (χ2n) is 5.66. The summed E-state index contributed by atoms with van der Waals surface area (Å²) in [4.78, 5) is 4.60. The Hall–Kier alpha value is -1.61. The summed E-state index contributed by atoms with van der Waals surface area (Å²) in [6, 6.07) is 8.57. The Balaban J connectivity index is 2.70. The zero-order chi connectivity index (χ0) is 13.3. The summed E-state index contributed by atoms with van der Waals surface area (Å²) in [5.74, 6) is 6.35. The number of aryl methyl sites for hydroxylation is 1. The number of nitrogens with zero attached hydrogens (tertiary/aromatic N) is 1. The molecule has 18 heavy (non-hydrogen) atoms. The molecule has 0 saturated carbocycles. The van der Waals surface area contributed by atoms with Crippen LogP contribution < -0.4 is 11.3 Å². The summed E-state index contributed by atoms with van der Waals surface area (Å²) in [5, 5.41) is 1.18. The molecular formula is C15H21N3. The first-order valence-corrected chi connectivity index (χ1v) is 6.36. The Morgan fingerprint density at radius 3 is 2.50 bits per heavy atom. The van der Waals surface area contributed by atoms with Gasteiger partial charge in [0.1, 0.15) is 5.82 Å². The average Bonchev–Trinajstić information content (AvgIpc) is 2.35. The van der Waals surface area contributed by atoms with Crippen LogP contribution in [0.1, 0.15) is 38.8 Å². The highest BCUT2D eigenvalue weighted by atomic mass is 15.2. The van der Waals surface area contributed by atoms with E-state index in [2.05, 4.69) is 62.4 Å². The van der Waals surface area contributed by atoms with E-state index in [-0.39, 0.29) is 5.41 Å². The third kappa shape index (κ3) is 2.31. The minimum absolute atomic E-state index is 0.0190. The van der Waals surface area contributed by atoms with E-state index in [0.717, 1.165) is 23.3 Å². The normalized spacial score (nSPS) is 11.8. The van der Waals surface area contributed by atoms with Gasteiger partial charge < -0.3 is 5.43 Å². The molecular weight excluding hydrogens is 222 g/mol. The molecule has 0 bridgehead atoms. The standard InChI is InChI=1S/C15H21N3/c1-5-10-6-7-13-11(8-10)9-12(15(2,3)4)14(17-13)18-16/h6-9H,5,16H2,1-4H3,(H,17,18). The second kappa shape index (κ2) is 4.58. The van der Waals surface area contributed by atoms with Gasteiger partial charge in [-0.25, -0.2) is 10.8 Å². The third-order valence-corrected chi connectivity index (χ3v) is 3.23. The smallest absolute Gasteiger partial charge is 0.144 e. The molecule has 3 heteroatoms. The van der Waals surface area contributed by atoms with Crippen molar-refractivity contribution >= 4 is 16.7 Å². The van der Waals surface area contributed by atoms with Gasteiger partial charge in [-0.3, -0.25) is 0 Å². The lowest BCUT2D eigenvalue weighted by Crippen LogP contribution is -2.19. The number of anilines is 1. The highest BCUT2D eigenvalue weighted by molar-refractivity contribution is 5.82. The summed E-state index contributed by atoms with van der Waals surface area (Å²) in [7, 11) is 0. The number of aromatic nitrogens is 1. The van der Waals surface area contributed by atoms with E-state index in [1.54, 1.807) is 0 Å². The Bertz CT molecular complexity index is 568. The minimum Gasteiger partial charge on any atom is -0.308 e. The molecule has 1 aromatic carbocycles. The van der Waals surface area contributed by atoms with Crippen LogP contribution in [0.25, 0.3) is 10.9 Å². The average molecular weight is 243 g/mol. The van der Waals surface area contributed by atoms with Crippen molar-refractivity contribution in [2.45, 2.75) is 39.5 Å². The molecule has 0 aliphatic rings. The largest absolute Gasteiger partial charge is 0.308 e. The van der Waals surface area contributed by atoms with E-state index in [4.69, 9.17) is 5.84 Å². The van der Waals surface area contributed by atoms with Gasteiger partial charge in [-0.05, 0) is 35.6 Å². The van der Waals surface area contributed by atoms with E-state index < -0.39 is 0 Å². The third-order valence-electron chi connectivity index (χ3n) is 3.23. The van der Waals surface area contributed by atoms with Gasteiger partial charge in [0, 0.05) is 10.9 Å². The first kappa shape index (κ1) is 12.8. The van der Waals surface area contributed by atoms with Crippen LogP contribution in [0.2, 0.25) is 0 Å². The summed E-state index contributed by atoms with van der Waals surface area (Å²) >= 11 is 0. The lowest BCUT2D eigenvalue weighted by atomic mass is 9.86. The van der Waals surface area contributed by atoms with E-state index in [9.17, 15) is 0 Å². The molecule has 1 heterocycles. The minimum atomic E-state index is 0.0190. The molecule has 0 radical (unpaired) electrons. The molecule has 0 unspecified atom stereocenters. The summed E-state index contributed by atoms with van der Waals surface area (Å²) < 4.78 is 0. The molecule has 2 aromatic rings. The Morgan fingerprint density at radius 1 is 1.22 bits per heavy atom. The van der Waals surface area contributed by atoms with Gasteiger partial charge in [0.05, 0.1) is 5.52 Å². The van der Waals surface area contributed by atoms with Crippen molar-refractivity contribution in [1.82, 2.24) is 4.98 Å². The fraction of sp³-hybridized carbons (Fsp3) is 0.400. The van der Waals surface area contributed by atoms with Crippen LogP contribution in [0.5, 0.6) is 0 Å². The molecule has 0 aliphatic carbocycles. The van der Waals surface area contributed by atoms with Crippen LogP contribution in [-0.4, -0.2) is 4.98 Å². The number of hydrogen-bond acceptors (Lipinski definition) is 3. The fourth-order valence-electron chi connectivity index (χ4n) is 2.13. The van der Waals surface area contributed by atoms with Crippen LogP contribution in [0.4, 0.5) is 5.82 Å². The quantitative estimate of drug-likeness (QED) is 0.628. The van der Waals surface area contributed by atoms with E-state index in [1.165, 1.54) is 10.9 Å². The van der Waals surface area contributed by atoms with Gasteiger partial charge in [0.2, 0.25) is 0 Å². The molecule has 1 aromatic heterocycles. The van der Waals surface area contributed by atoms with Gasteiger partial charge in [-0.1, -0.05) is 33.8 Å². The van der Waals surface area contributed by atoms with Crippen molar-refractivity contribution in [3.05, 3.63) is 35.4 Å². The number of fused-ring (bicyclic) bond motifs is 1. The highest BCUT2D eigenvalue weighted by Gasteiger charge is 2.19. The number of benzene rings is 1. The number of nitrogens with two attached hydrogens (primary N) is 1. The number of nitrogens with one attached hydrogen (secondary N) is 1. The molecule has 0 spiro atoms. The van der Waals surface area contributed by atoms with Crippen molar-refractivity contribution in [2.75, 3.05) is 5.43 Å². The lowest BCUT2D eigenvalue weighted by Gasteiger charge is -2.22. The van der Waals surface area contributed by atoms with Crippen LogP contribution in [0.15, 0.2) is 24.3 Å². The molecule has 3 nitrogen and oxygen atoms in total. The molecule has 0 amide bonds. The van der Waals surface area contributed by atoms with Crippen LogP contribution in [-0.2, 0) is 11.8 Å². The molecule has 0 atom stereocenters. The number of nitrogen functional groups attached to an aromatic ring is 1. The zero-order valence-corrected chi connectivity index (χ0v) is 11.5. The lowest BCUT2D eigenvalue weighted by molar-refractivity contribution is 0.590. The number of hydrazine groups is 1. The topological polar surface area (TPSA) is 50.9 Å². The summed E-state index contributed by atoms with van der Waals surface area (Å²) in [5.41, 5.74) is 6.19. The summed E-state index contributed by atoms with van der Waals surface area (Å²) in [6.45, 7) is 8.66. The Morgan fingerprint density at radius 2 is 1.94 bits per heavy atom.